The van der Waals surface area contributed by atoms with Gasteiger partial charge in [0.1, 0.15) is 0 Å². The van der Waals surface area contributed by atoms with Crippen LogP contribution >= 0.6 is 0 Å². The van der Waals surface area contributed by atoms with Crippen LogP contribution in [0.2, 0.25) is 0 Å². The molecule has 1 aromatic carbocycles. The van der Waals surface area contributed by atoms with Crippen molar-refractivity contribution in [2.45, 2.75) is 13.3 Å². The highest BCUT2D eigenvalue weighted by Crippen LogP contribution is 2.12. The second-order valence-electron chi connectivity index (χ2n) is 4.05. The van der Waals surface area contributed by atoms with E-state index in [-0.39, 0.29) is 11.8 Å². The van der Waals surface area contributed by atoms with Gasteiger partial charge in [-0.3, -0.25) is 9.59 Å². The molecule has 92 valence electrons. The minimum absolute atomic E-state index is 0.0922. The van der Waals surface area contributed by atoms with Crippen molar-refractivity contribution in [3.8, 4) is 0 Å². The fourth-order valence-electron chi connectivity index (χ4n) is 1.55. The van der Waals surface area contributed by atoms with Crippen LogP contribution in [0.25, 0.3) is 0 Å². The van der Waals surface area contributed by atoms with Gasteiger partial charge in [0.25, 0.3) is 11.8 Å². The van der Waals surface area contributed by atoms with E-state index in [1.165, 1.54) is 4.90 Å². The van der Waals surface area contributed by atoms with Crippen molar-refractivity contribution >= 4 is 11.8 Å². The van der Waals surface area contributed by atoms with Crippen molar-refractivity contribution in [1.29, 1.82) is 0 Å². The molecule has 4 heteroatoms. The standard InChI is InChI=1S/C13H18N2O2/c1-5-9-6-10(12(16)14-2)8-11(7-9)13(17)15(3)4/h6-8H,5H2,1-4H3,(H,14,16). The van der Waals surface area contributed by atoms with Gasteiger partial charge >= 0.3 is 0 Å². The first kappa shape index (κ1) is 13.2. The topological polar surface area (TPSA) is 49.4 Å². The molecule has 0 aliphatic heterocycles. The molecule has 2 amide bonds. The number of hydrogen-bond acceptors (Lipinski definition) is 2. The van der Waals surface area contributed by atoms with E-state index in [1.807, 2.05) is 19.1 Å². The summed E-state index contributed by atoms with van der Waals surface area (Å²) >= 11 is 0. The van der Waals surface area contributed by atoms with Gasteiger partial charge in [-0.15, -0.1) is 0 Å². The Labute approximate surface area is 102 Å². The van der Waals surface area contributed by atoms with E-state index in [9.17, 15) is 9.59 Å². The predicted molar refractivity (Wildman–Crippen MR) is 67.2 cm³/mol. The number of nitrogens with zero attached hydrogens (tertiary/aromatic N) is 1. The molecule has 0 aromatic heterocycles. The van der Waals surface area contributed by atoms with Crippen LogP contribution in [0.4, 0.5) is 0 Å². The van der Waals surface area contributed by atoms with Crippen molar-refractivity contribution in [3.05, 3.63) is 34.9 Å². The first-order chi connectivity index (χ1) is 7.99. The van der Waals surface area contributed by atoms with Crippen LogP contribution in [0.15, 0.2) is 18.2 Å². The van der Waals surface area contributed by atoms with Gasteiger partial charge in [-0.1, -0.05) is 6.92 Å². The summed E-state index contributed by atoms with van der Waals surface area (Å²) < 4.78 is 0. The van der Waals surface area contributed by atoms with Crippen molar-refractivity contribution in [2.24, 2.45) is 0 Å². The number of carbonyl (C=O) groups is 2. The molecule has 0 heterocycles. The fourth-order valence-corrected chi connectivity index (χ4v) is 1.55. The Hall–Kier alpha value is -1.84. The lowest BCUT2D eigenvalue weighted by Crippen LogP contribution is -2.23. The molecule has 0 unspecified atom stereocenters. The Balaban J connectivity index is 3.23. The monoisotopic (exact) mass is 234 g/mol. The summed E-state index contributed by atoms with van der Waals surface area (Å²) in [6, 6.07) is 5.26. The minimum Gasteiger partial charge on any atom is -0.355 e. The van der Waals surface area contributed by atoms with Crippen molar-refractivity contribution < 1.29 is 9.59 Å². The van der Waals surface area contributed by atoms with E-state index in [1.54, 1.807) is 27.2 Å². The van der Waals surface area contributed by atoms with E-state index in [0.717, 1.165) is 12.0 Å². The van der Waals surface area contributed by atoms with Gasteiger partial charge in [0.15, 0.2) is 0 Å². The molecule has 1 rings (SSSR count). The van der Waals surface area contributed by atoms with Crippen LogP contribution in [0.5, 0.6) is 0 Å². The molecule has 0 saturated carbocycles. The molecule has 0 atom stereocenters. The molecular weight excluding hydrogens is 216 g/mol. The molecule has 17 heavy (non-hydrogen) atoms. The third-order valence-electron chi connectivity index (χ3n) is 2.54. The summed E-state index contributed by atoms with van der Waals surface area (Å²) in [4.78, 5) is 25.0. The van der Waals surface area contributed by atoms with Gasteiger partial charge in [-0.05, 0) is 30.2 Å². The highest BCUT2D eigenvalue weighted by Gasteiger charge is 2.12. The largest absolute Gasteiger partial charge is 0.355 e. The van der Waals surface area contributed by atoms with Crippen LogP contribution in [-0.2, 0) is 6.42 Å². The Morgan fingerprint density at radius 3 is 2.24 bits per heavy atom. The maximum atomic E-state index is 11.9. The zero-order valence-corrected chi connectivity index (χ0v) is 10.7. The summed E-state index contributed by atoms with van der Waals surface area (Å²) in [5.74, 6) is -0.265. The number of nitrogens with one attached hydrogen (secondary N) is 1. The van der Waals surface area contributed by atoms with Crippen molar-refractivity contribution in [3.63, 3.8) is 0 Å². The SMILES string of the molecule is CCc1cc(C(=O)NC)cc(C(=O)N(C)C)c1. The van der Waals surface area contributed by atoms with Gasteiger partial charge in [-0.25, -0.2) is 0 Å². The fraction of sp³-hybridized carbons (Fsp3) is 0.385. The Morgan fingerprint density at radius 2 is 1.76 bits per heavy atom. The first-order valence-corrected chi connectivity index (χ1v) is 5.57. The number of hydrogen-bond donors (Lipinski definition) is 1. The molecule has 0 saturated heterocycles. The maximum Gasteiger partial charge on any atom is 0.253 e. The molecule has 0 aliphatic carbocycles. The van der Waals surface area contributed by atoms with E-state index in [2.05, 4.69) is 5.32 Å². The normalized spacial score (nSPS) is 9.88. The van der Waals surface area contributed by atoms with E-state index in [0.29, 0.717) is 11.1 Å². The zero-order valence-electron chi connectivity index (χ0n) is 10.7. The number of amides is 2. The third kappa shape index (κ3) is 3.06. The molecule has 0 bridgehead atoms. The molecule has 0 fully saturated rings. The van der Waals surface area contributed by atoms with Crippen LogP contribution in [-0.4, -0.2) is 37.9 Å². The summed E-state index contributed by atoms with van der Waals surface area (Å²) in [5, 5.41) is 2.56. The number of rotatable bonds is 3. The van der Waals surface area contributed by atoms with Gasteiger partial charge in [0.2, 0.25) is 0 Å². The van der Waals surface area contributed by atoms with E-state index < -0.39 is 0 Å². The molecular formula is C13H18N2O2. The first-order valence-electron chi connectivity index (χ1n) is 5.57. The van der Waals surface area contributed by atoms with Gasteiger partial charge in [0.05, 0.1) is 0 Å². The average molecular weight is 234 g/mol. The summed E-state index contributed by atoms with van der Waals surface area (Å²) in [6.07, 6.45) is 0.790. The molecule has 0 radical (unpaired) electrons. The number of benzene rings is 1. The number of carbonyl (C=O) groups excluding carboxylic acids is 2. The highest BCUT2D eigenvalue weighted by molar-refractivity contribution is 5.99. The molecule has 1 N–H and O–H groups in total. The van der Waals surface area contributed by atoms with Gasteiger partial charge in [0, 0.05) is 32.3 Å². The molecule has 0 aliphatic rings. The molecule has 1 aromatic rings. The second-order valence-corrected chi connectivity index (χ2v) is 4.05. The predicted octanol–water partition coefficient (Wildman–Crippen LogP) is 1.31. The van der Waals surface area contributed by atoms with Crippen LogP contribution in [0.1, 0.15) is 33.2 Å². The van der Waals surface area contributed by atoms with Crippen LogP contribution in [0.3, 0.4) is 0 Å². The Kier molecular flexibility index (Phi) is 4.26. The van der Waals surface area contributed by atoms with Gasteiger partial charge < -0.3 is 10.2 Å². The lowest BCUT2D eigenvalue weighted by Gasteiger charge is -2.12. The lowest BCUT2D eigenvalue weighted by atomic mass is 10.0. The summed E-state index contributed by atoms with van der Waals surface area (Å²) in [6.45, 7) is 1.99. The van der Waals surface area contributed by atoms with Crippen LogP contribution < -0.4 is 5.32 Å². The smallest absolute Gasteiger partial charge is 0.253 e. The van der Waals surface area contributed by atoms with Gasteiger partial charge in [-0.2, -0.15) is 0 Å². The minimum atomic E-state index is -0.173. The molecule has 4 nitrogen and oxygen atoms in total. The van der Waals surface area contributed by atoms with Crippen LogP contribution in [0, 0.1) is 0 Å². The quantitative estimate of drug-likeness (QED) is 0.857. The zero-order chi connectivity index (χ0) is 13.0. The van der Waals surface area contributed by atoms with E-state index in [4.69, 9.17) is 0 Å². The highest BCUT2D eigenvalue weighted by atomic mass is 16.2. The average Bonchev–Trinajstić information content (AvgIpc) is 2.35. The molecule has 0 spiro atoms. The summed E-state index contributed by atoms with van der Waals surface area (Å²) in [7, 11) is 4.97. The summed E-state index contributed by atoms with van der Waals surface area (Å²) in [5.41, 5.74) is 2.06. The van der Waals surface area contributed by atoms with E-state index >= 15 is 0 Å². The Morgan fingerprint density at radius 1 is 1.18 bits per heavy atom. The third-order valence-corrected chi connectivity index (χ3v) is 2.54. The maximum absolute atomic E-state index is 11.9. The van der Waals surface area contributed by atoms with Crippen molar-refractivity contribution in [1.82, 2.24) is 10.2 Å². The lowest BCUT2D eigenvalue weighted by molar-refractivity contribution is 0.0827. The van der Waals surface area contributed by atoms with Crippen molar-refractivity contribution in [2.75, 3.05) is 21.1 Å². The second kappa shape index (κ2) is 5.48. The Bertz CT molecular complexity index is 439. The number of aryl methyl sites for hydroxylation is 1.